The van der Waals surface area contributed by atoms with Gasteiger partial charge in [-0.3, -0.25) is 4.79 Å². The van der Waals surface area contributed by atoms with Crippen LogP contribution in [0.25, 0.3) is 10.6 Å². The highest BCUT2D eigenvalue weighted by molar-refractivity contribution is 7.13. The number of hydrogen-bond donors (Lipinski definition) is 0. The van der Waals surface area contributed by atoms with Crippen LogP contribution < -0.4 is 0 Å². The molecule has 0 N–H and O–H groups in total. The lowest BCUT2D eigenvalue weighted by molar-refractivity contribution is -0.145. The molecule has 148 valence electrons. The van der Waals surface area contributed by atoms with Gasteiger partial charge in [0.2, 0.25) is 5.91 Å². The highest BCUT2D eigenvalue weighted by Crippen LogP contribution is 2.31. The van der Waals surface area contributed by atoms with Crippen molar-refractivity contribution in [2.45, 2.75) is 32.1 Å². The standard InChI is InChI=1S/C17H16F6N2OS/c1-2-25(8-7-16(18,19)20)14(26)9-13-10-27-15(24-13)11-3-5-12(6-4-11)17(21,22)23/h3-6,10H,2,7-9H2,1H3. The van der Waals surface area contributed by atoms with Gasteiger partial charge in [0.1, 0.15) is 5.01 Å². The third-order valence-electron chi connectivity index (χ3n) is 3.74. The number of aromatic nitrogens is 1. The van der Waals surface area contributed by atoms with Crippen molar-refractivity contribution in [2.24, 2.45) is 0 Å². The number of likely N-dealkylation sites (N-methyl/N-ethyl adjacent to an activating group) is 1. The van der Waals surface area contributed by atoms with Crippen LogP contribution in [0.2, 0.25) is 0 Å². The molecule has 0 radical (unpaired) electrons. The molecule has 1 aromatic carbocycles. The monoisotopic (exact) mass is 410 g/mol. The lowest BCUT2D eigenvalue weighted by Crippen LogP contribution is -2.35. The zero-order chi connectivity index (χ0) is 20.2. The van der Waals surface area contributed by atoms with Gasteiger partial charge in [0.15, 0.2) is 0 Å². The summed E-state index contributed by atoms with van der Waals surface area (Å²) in [6.45, 7) is 1.31. The molecule has 1 amide bonds. The second-order valence-corrected chi connectivity index (χ2v) is 6.59. The topological polar surface area (TPSA) is 33.2 Å². The van der Waals surface area contributed by atoms with E-state index in [0.717, 1.165) is 28.4 Å². The first-order valence-corrected chi connectivity index (χ1v) is 8.84. The van der Waals surface area contributed by atoms with E-state index >= 15 is 0 Å². The molecule has 0 fully saturated rings. The first-order chi connectivity index (χ1) is 12.5. The molecule has 27 heavy (non-hydrogen) atoms. The van der Waals surface area contributed by atoms with Crippen molar-refractivity contribution in [3.05, 3.63) is 40.9 Å². The number of benzene rings is 1. The van der Waals surface area contributed by atoms with Crippen LogP contribution in [0.4, 0.5) is 26.3 Å². The molecule has 0 saturated carbocycles. The summed E-state index contributed by atoms with van der Waals surface area (Å²) < 4.78 is 74.7. The van der Waals surface area contributed by atoms with Crippen molar-refractivity contribution in [1.82, 2.24) is 9.88 Å². The van der Waals surface area contributed by atoms with E-state index in [2.05, 4.69) is 4.98 Å². The summed E-state index contributed by atoms with van der Waals surface area (Å²) in [5.74, 6) is -0.481. The van der Waals surface area contributed by atoms with E-state index in [1.165, 1.54) is 12.1 Å². The predicted octanol–water partition coefficient (Wildman–Crippen LogP) is 5.17. The number of alkyl halides is 6. The van der Waals surface area contributed by atoms with Crippen LogP contribution in [0, 0.1) is 0 Å². The Hall–Kier alpha value is -2.10. The Morgan fingerprint density at radius 1 is 1.11 bits per heavy atom. The molecule has 0 atom stereocenters. The zero-order valence-electron chi connectivity index (χ0n) is 14.2. The van der Waals surface area contributed by atoms with Gasteiger partial charge in [-0.1, -0.05) is 12.1 Å². The Morgan fingerprint density at radius 3 is 2.26 bits per heavy atom. The van der Waals surface area contributed by atoms with Crippen LogP contribution in [0.1, 0.15) is 24.6 Å². The van der Waals surface area contributed by atoms with Crippen molar-refractivity contribution >= 4 is 17.2 Å². The lowest BCUT2D eigenvalue weighted by atomic mass is 10.1. The number of carbonyl (C=O) groups is 1. The highest BCUT2D eigenvalue weighted by atomic mass is 32.1. The van der Waals surface area contributed by atoms with Gasteiger partial charge in [-0.05, 0) is 19.1 Å². The van der Waals surface area contributed by atoms with Gasteiger partial charge in [0.25, 0.3) is 0 Å². The summed E-state index contributed by atoms with van der Waals surface area (Å²) in [6, 6.07) is 4.46. The smallest absolute Gasteiger partial charge is 0.342 e. The molecular formula is C17H16F6N2OS. The van der Waals surface area contributed by atoms with Crippen LogP contribution in [0.3, 0.4) is 0 Å². The summed E-state index contributed by atoms with van der Waals surface area (Å²) in [6.07, 6.45) is -10.0. The van der Waals surface area contributed by atoms with Gasteiger partial charge in [0.05, 0.1) is 24.1 Å². The molecule has 1 heterocycles. The molecule has 0 bridgehead atoms. The average molecular weight is 410 g/mol. The number of thiazole rings is 1. The Kier molecular flexibility index (Phi) is 6.50. The maximum atomic E-state index is 12.6. The Labute approximate surface area is 155 Å². The SMILES string of the molecule is CCN(CCC(F)(F)F)C(=O)Cc1csc(-c2ccc(C(F)(F)F)cc2)n1. The molecular weight excluding hydrogens is 394 g/mol. The molecule has 3 nitrogen and oxygen atoms in total. The van der Waals surface area contributed by atoms with Crippen molar-refractivity contribution < 1.29 is 31.1 Å². The summed E-state index contributed by atoms with van der Waals surface area (Å²) in [5.41, 5.74) is 0.0583. The fraction of sp³-hybridized carbons (Fsp3) is 0.412. The van der Waals surface area contributed by atoms with Gasteiger partial charge in [-0.25, -0.2) is 4.98 Å². The van der Waals surface area contributed by atoms with Crippen LogP contribution in [-0.2, 0) is 17.4 Å². The minimum absolute atomic E-state index is 0.144. The van der Waals surface area contributed by atoms with Gasteiger partial charge in [0, 0.05) is 24.0 Å². The van der Waals surface area contributed by atoms with E-state index < -0.39 is 36.8 Å². The molecule has 0 saturated heterocycles. The normalized spacial score (nSPS) is 12.3. The molecule has 0 aliphatic carbocycles. The maximum absolute atomic E-state index is 12.6. The van der Waals surface area contributed by atoms with Gasteiger partial charge < -0.3 is 4.90 Å². The Morgan fingerprint density at radius 2 is 1.74 bits per heavy atom. The van der Waals surface area contributed by atoms with Gasteiger partial charge >= 0.3 is 12.4 Å². The molecule has 1 aromatic heterocycles. The summed E-state index contributed by atoms with van der Waals surface area (Å²) in [4.78, 5) is 17.5. The van der Waals surface area contributed by atoms with Crippen LogP contribution >= 0.6 is 11.3 Å². The number of amides is 1. The summed E-state index contributed by atoms with van der Waals surface area (Å²) >= 11 is 1.15. The first kappa shape index (κ1) is 21.2. The molecule has 0 spiro atoms. The second-order valence-electron chi connectivity index (χ2n) is 5.73. The van der Waals surface area contributed by atoms with E-state index in [1.54, 1.807) is 12.3 Å². The number of halogens is 6. The van der Waals surface area contributed by atoms with E-state index in [4.69, 9.17) is 0 Å². The molecule has 0 unspecified atom stereocenters. The third kappa shape index (κ3) is 6.23. The lowest BCUT2D eigenvalue weighted by Gasteiger charge is -2.21. The number of hydrogen-bond acceptors (Lipinski definition) is 3. The third-order valence-corrected chi connectivity index (χ3v) is 4.68. The fourth-order valence-corrected chi connectivity index (χ4v) is 3.14. The largest absolute Gasteiger partial charge is 0.416 e. The average Bonchev–Trinajstić information content (AvgIpc) is 3.02. The molecule has 0 aliphatic heterocycles. The maximum Gasteiger partial charge on any atom is 0.416 e. The Balaban J connectivity index is 2.03. The molecule has 0 aliphatic rings. The highest BCUT2D eigenvalue weighted by Gasteiger charge is 2.30. The van der Waals surface area contributed by atoms with E-state index in [-0.39, 0.29) is 13.0 Å². The summed E-state index contributed by atoms with van der Waals surface area (Å²) in [5, 5.41) is 2.01. The number of carbonyl (C=O) groups excluding carboxylic acids is 1. The van der Waals surface area contributed by atoms with E-state index in [9.17, 15) is 31.1 Å². The van der Waals surface area contributed by atoms with Crippen LogP contribution in [0.5, 0.6) is 0 Å². The van der Waals surface area contributed by atoms with Crippen molar-refractivity contribution in [1.29, 1.82) is 0 Å². The quantitative estimate of drug-likeness (QED) is 0.616. The van der Waals surface area contributed by atoms with E-state index in [1.807, 2.05) is 0 Å². The van der Waals surface area contributed by atoms with Gasteiger partial charge in [-0.2, -0.15) is 26.3 Å². The van der Waals surface area contributed by atoms with Crippen LogP contribution in [-0.4, -0.2) is 35.1 Å². The van der Waals surface area contributed by atoms with Crippen molar-refractivity contribution in [2.75, 3.05) is 13.1 Å². The zero-order valence-corrected chi connectivity index (χ0v) is 15.0. The first-order valence-electron chi connectivity index (χ1n) is 7.96. The fourth-order valence-electron chi connectivity index (χ4n) is 2.31. The predicted molar refractivity (Wildman–Crippen MR) is 89.2 cm³/mol. The minimum Gasteiger partial charge on any atom is -0.342 e. The second kappa shape index (κ2) is 8.28. The number of nitrogens with zero attached hydrogens (tertiary/aromatic N) is 2. The summed E-state index contributed by atoms with van der Waals surface area (Å²) in [7, 11) is 0. The minimum atomic E-state index is -4.43. The van der Waals surface area contributed by atoms with E-state index in [0.29, 0.717) is 16.3 Å². The molecule has 10 heteroatoms. The number of rotatable bonds is 6. The molecule has 2 rings (SSSR count). The van der Waals surface area contributed by atoms with Crippen molar-refractivity contribution in [3.8, 4) is 10.6 Å². The van der Waals surface area contributed by atoms with Crippen molar-refractivity contribution in [3.63, 3.8) is 0 Å². The van der Waals surface area contributed by atoms with Gasteiger partial charge in [-0.15, -0.1) is 11.3 Å². The molecule has 2 aromatic rings. The Bertz CT molecular complexity index is 767. The van der Waals surface area contributed by atoms with Crippen LogP contribution in [0.15, 0.2) is 29.6 Å².